The minimum Gasteiger partial charge on any atom is -0.307 e. The average molecular weight is 312 g/mol. The van der Waals surface area contributed by atoms with Crippen LogP contribution in [0.4, 0.5) is 5.82 Å². The van der Waals surface area contributed by atoms with Crippen molar-refractivity contribution in [1.29, 1.82) is 0 Å². The van der Waals surface area contributed by atoms with Crippen LogP contribution in [0.2, 0.25) is 0 Å². The van der Waals surface area contributed by atoms with E-state index < -0.39 is 0 Å². The maximum Gasteiger partial charge on any atom is 0.261 e. The monoisotopic (exact) mass is 312 g/mol. The zero-order valence-electron chi connectivity index (χ0n) is 12.8. The standard InChI is InChI=1S/C16H16N4O3/c1-9(2)8-20-15(22)11-4-3-10(7-12(11)16(20)23)14(21)18-13-5-6-17-19-13/h3-7,9H,8H2,1-2H3,(H2,17,18,19,21). The lowest BCUT2D eigenvalue weighted by atomic mass is 10.1. The first-order chi connectivity index (χ1) is 11.0. The number of fused-ring (bicyclic) bond motifs is 1. The molecule has 0 aliphatic carbocycles. The molecule has 0 saturated carbocycles. The van der Waals surface area contributed by atoms with Crippen molar-refractivity contribution in [1.82, 2.24) is 15.1 Å². The van der Waals surface area contributed by atoms with Gasteiger partial charge in [-0.05, 0) is 24.1 Å². The Labute approximate surface area is 132 Å². The molecule has 3 amide bonds. The van der Waals surface area contributed by atoms with Crippen molar-refractivity contribution >= 4 is 23.5 Å². The number of hydrogen-bond acceptors (Lipinski definition) is 4. The highest BCUT2D eigenvalue weighted by atomic mass is 16.2. The Morgan fingerprint density at radius 1 is 1.22 bits per heavy atom. The Morgan fingerprint density at radius 2 is 1.96 bits per heavy atom. The zero-order chi connectivity index (χ0) is 16.6. The van der Waals surface area contributed by atoms with Crippen LogP contribution in [0.1, 0.15) is 44.9 Å². The molecular weight excluding hydrogens is 296 g/mol. The Hall–Kier alpha value is -2.96. The molecule has 0 spiro atoms. The third kappa shape index (κ3) is 2.73. The number of rotatable bonds is 4. The molecule has 7 heteroatoms. The summed E-state index contributed by atoms with van der Waals surface area (Å²) in [4.78, 5) is 38.1. The van der Waals surface area contributed by atoms with Crippen molar-refractivity contribution < 1.29 is 14.4 Å². The van der Waals surface area contributed by atoms with Crippen LogP contribution >= 0.6 is 0 Å². The quantitative estimate of drug-likeness (QED) is 0.843. The summed E-state index contributed by atoms with van der Waals surface area (Å²) in [5.74, 6) is -0.395. The molecule has 3 rings (SSSR count). The van der Waals surface area contributed by atoms with Crippen molar-refractivity contribution in [3.05, 3.63) is 47.2 Å². The highest BCUT2D eigenvalue weighted by Crippen LogP contribution is 2.25. The van der Waals surface area contributed by atoms with Crippen LogP contribution in [-0.4, -0.2) is 39.4 Å². The summed E-state index contributed by atoms with van der Waals surface area (Å²) in [6.07, 6.45) is 1.52. The lowest BCUT2D eigenvalue weighted by Crippen LogP contribution is -2.33. The first-order valence-electron chi connectivity index (χ1n) is 7.28. The molecule has 1 aromatic heterocycles. The van der Waals surface area contributed by atoms with E-state index in [0.29, 0.717) is 23.5 Å². The molecule has 118 valence electrons. The zero-order valence-corrected chi connectivity index (χ0v) is 12.8. The van der Waals surface area contributed by atoms with Gasteiger partial charge in [-0.15, -0.1) is 0 Å². The molecule has 0 unspecified atom stereocenters. The van der Waals surface area contributed by atoms with Crippen LogP contribution in [0.3, 0.4) is 0 Å². The number of imide groups is 1. The van der Waals surface area contributed by atoms with Crippen LogP contribution < -0.4 is 5.32 Å². The number of hydrogen-bond donors (Lipinski definition) is 2. The largest absolute Gasteiger partial charge is 0.307 e. The van der Waals surface area contributed by atoms with Crippen molar-refractivity contribution in [3.8, 4) is 0 Å². The van der Waals surface area contributed by atoms with E-state index in [9.17, 15) is 14.4 Å². The van der Waals surface area contributed by atoms with Crippen LogP contribution in [0.5, 0.6) is 0 Å². The molecule has 0 fully saturated rings. The Morgan fingerprint density at radius 3 is 2.61 bits per heavy atom. The third-order valence-corrected chi connectivity index (χ3v) is 3.53. The van der Waals surface area contributed by atoms with E-state index in [1.165, 1.54) is 29.3 Å². The molecule has 1 aliphatic rings. The number of benzene rings is 1. The molecule has 0 radical (unpaired) electrons. The maximum atomic E-state index is 12.4. The van der Waals surface area contributed by atoms with E-state index in [1.54, 1.807) is 6.07 Å². The van der Waals surface area contributed by atoms with E-state index in [1.807, 2.05) is 13.8 Å². The summed E-state index contributed by atoms with van der Waals surface area (Å²) in [7, 11) is 0. The topological polar surface area (TPSA) is 95.2 Å². The Balaban J connectivity index is 1.86. The number of nitrogens with one attached hydrogen (secondary N) is 2. The fraction of sp³-hybridized carbons (Fsp3) is 0.250. The molecule has 1 aromatic carbocycles. The molecule has 1 aliphatic heterocycles. The Bertz CT molecular complexity index is 781. The second-order valence-electron chi connectivity index (χ2n) is 5.80. The van der Waals surface area contributed by atoms with Gasteiger partial charge >= 0.3 is 0 Å². The molecule has 0 bridgehead atoms. The molecule has 2 aromatic rings. The smallest absolute Gasteiger partial charge is 0.261 e. The molecule has 7 nitrogen and oxygen atoms in total. The number of aromatic nitrogens is 2. The number of aromatic amines is 1. The molecule has 2 heterocycles. The number of carbonyl (C=O) groups excluding carboxylic acids is 3. The van der Waals surface area contributed by atoms with Crippen molar-refractivity contribution in [3.63, 3.8) is 0 Å². The summed E-state index contributed by atoms with van der Waals surface area (Å²) in [5, 5.41) is 9.00. The number of amides is 3. The average Bonchev–Trinajstić information content (AvgIpc) is 3.10. The minimum absolute atomic E-state index is 0.181. The fourth-order valence-electron chi connectivity index (χ4n) is 2.48. The van der Waals surface area contributed by atoms with Gasteiger partial charge in [0, 0.05) is 18.2 Å². The molecule has 2 N–H and O–H groups in total. The van der Waals surface area contributed by atoms with E-state index in [0.717, 1.165) is 0 Å². The predicted octanol–water partition coefficient (Wildman–Crippen LogP) is 1.91. The van der Waals surface area contributed by atoms with Gasteiger partial charge in [0.25, 0.3) is 17.7 Å². The lowest BCUT2D eigenvalue weighted by Gasteiger charge is -2.15. The van der Waals surface area contributed by atoms with Crippen LogP contribution in [0.15, 0.2) is 30.5 Å². The second-order valence-corrected chi connectivity index (χ2v) is 5.80. The number of carbonyl (C=O) groups is 3. The summed E-state index contributed by atoms with van der Waals surface area (Å²) in [6, 6.07) is 6.14. The van der Waals surface area contributed by atoms with Gasteiger partial charge in [-0.1, -0.05) is 13.8 Å². The third-order valence-electron chi connectivity index (χ3n) is 3.53. The summed E-state index contributed by atoms with van der Waals surface area (Å²) in [6.45, 7) is 4.24. The predicted molar refractivity (Wildman–Crippen MR) is 83.2 cm³/mol. The highest BCUT2D eigenvalue weighted by molar-refractivity contribution is 6.22. The van der Waals surface area contributed by atoms with Gasteiger partial charge < -0.3 is 5.32 Å². The van der Waals surface area contributed by atoms with E-state index in [-0.39, 0.29) is 29.2 Å². The fourth-order valence-corrected chi connectivity index (χ4v) is 2.48. The van der Waals surface area contributed by atoms with E-state index >= 15 is 0 Å². The first-order valence-corrected chi connectivity index (χ1v) is 7.28. The normalized spacial score (nSPS) is 13.6. The van der Waals surface area contributed by atoms with Crippen molar-refractivity contribution in [2.24, 2.45) is 5.92 Å². The van der Waals surface area contributed by atoms with E-state index in [2.05, 4.69) is 15.5 Å². The number of H-pyrrole nitrogens is 1. The molecule has 23 heavy (non-hydrogen) atoms. The Kier molecular flexibility index (Phi) is 3.69. The highest BCUT2D eigenvalue weighted by Gasteiger charge is 2.36. The van der Waals surface area contributed by atoms with Crippen molar-refractivity contribution in [2.75, 3.05) is 11.9 Å². The van der Waals surface area contributed by atoms with Crippen LogP contribution in [0, 0.1) is 5.92 Å². The van der Waals surface area contributed by atoms with E-state index in [4.69, 9.17) is 0 Å². The van der Waals surface area contributed by atoms with Gasteiger partial charge in [0.2, 0.25) is 0 Å². The van der Waals surface area contributed by atoms with Crippen LogP contribution in [-0.2, 0) is 0 Å². The molecule has 0 atom stereocenters. The number of anilines is 1. The van der Waals surface area contributed by atoms with Gasteiger partial charge in [-0.25, -0.2) is 0 Å². The summed E-state index contributed by atoms with van der Waals surface area (Å²) in [5.41, 5.74) is 0.924. The van der Waals surface area contributed by atoms with Gasteiger partial charge in [0.1, 0.15) is 5.82 Å². The SMILES string of the molecule is CC(C)CN1C(=O)c2ccc(C(=O)Nc3ccn[nH]3)cc2C1=O. The summed E-state index contributed by atoms with van der Waals surface area (Å²) >= 11 is 0. The van der Waals surface area contributed by atoms with Crippen LogP contribution in [0.25, 0.3) is 0 Å². The summed E-state index contributed by atoms with van der Waals surface area (Å²) < 4.78 is 0. The van der Waals surface area contributed by atoms with Gasteiger partial charge in [-0.3, -0.25) is 24.4 Å². The number of nitrogens with zero attached hydrogens (tertiary/aromatic N) is 2. The first kappa shape index (κ1) is 15.0. The lowest BCUT2D eigenvalue weighted by molar-refractivity contribution is 0.0636. The van der Waals surface area contributed by atoms with Crippen molar-refractivity contribution in [2.45, 2.75) is 13.8 Å². The minimum atomic E-state index is -0.375. The van der Waals surface area contributed by atoms with Gasteiger partial charge in [-0.2, -0.15) is 5.10 Å². The van der Waals surface area contributed by atoms with Gasteiger partial charge in [0.15, 0.2) is 0 Å². The van der Waals surface area contributed by atoms with Gasteiger partial charge in [0.05, 0.1) is 17.3 Å². The second kappa shape index (κ2) is 5.68. The maximum absolute atomic E-state index is 12.4. The molecular formula is C16H16N4O3. The molecule has 0 saturated heterocycles.